The van der Waals surface area contributed by atoms with Crippen LogP contribution in [0, 0.1) is 5.92 Å². The van der Waals surface area contributed by atoms with Gasteiger partial charge in [0.2, 0.25) is 0 Å². The van der Waals surface area contributed by atoms with Gasteiger partial charge in [-0.3, -0.25) is 9.69 Å². The van der Waals surface area contributed by atoms with Crippen molar-refractivity contribution < 1.29 is 4.79 Å². The lowest BCUT2D eigenvalue weighted by Gasteiger charge is -2.21. The van der Waals surface area contributed by atoms with E-state index in [1.807, 2.05) is 71.6 Å². The van der Waals surface area contributed by atoms with Crippen molar-refractivity contribution in [2.45, 2.75) is 39.5 Å². The number of nitrogens with zero attached hydrogens (tertiary/aromatic N) is 3. The number of para-hydroxylation sites is 1. The molecule has 1 amide bonds. The number of carbonyl (C=O) groups excluding carboxylic acids is 1. The van der Waals surface area contributed by atoms with Gasteiger partial charge in [-0.15, -0.1) is 0 Å². The van der Waals surface area contributed by atoms with E-state index < -0.39 is 0 Å². The Bertz CT molecular complexity index is 1190. The molecule has 1 aliphatic heterocycles. The van der Waals surface area contributed by atoms with Crippen LogP contribution in [0.1, 0.15) is 45.1 Å². The van der Waals surface area contributed by atoms with E-state index in [1.54, 1.807) is 4.90 Å². The minimum atomic E-state index is -0.000772. The monoisotopic (exact) mass is 553 g/mol. The number of thiocarbonyl (C=S) groups is 1. The van der Waals surface area contributed by atoms with Crippen LogP contribution in [-0.2, 0) is 4.79 Å². The lowest BCUT2D eigenvalue weighted by Crippen LogP contribution is -2.33. The number of hydrogen-bond donors (Lipinski definition) is 0. The highest BCUT2D eigenvalue weighted by atomic mass is 79.9. The molecule has 0 bridgehead atoms. The highest BCUT2D eigenvalue weighted by Gasteiger charge is 2.33. The smallest absolute Gasteiger partial charge is 0.266 e. The Labute approximate surface area is 219 Å². The summed E-state index contributed by atoms with van der Waals surface area (Å²) in [6.45, 7) is 5.09. The molecule has 7 heteroatoms. The van der Waals surface area contributed by atoms with Crippen LogP contribution in [0.2, 0.25) is 0 Å². The zero-order valence-electron chi connectivity index (χ0n) is 19.4. The van der Waals surface area contributed by atoms with E-state index in [0.717, 1.165) is 39.8 Å². The summed E-state index contributed by atoms with van der Waals surface area (Å²) >= 11 is 10.5. The first kappa shape index (κ1) is 24.9. The summed E-state index contributed by atoms with van der Waals surface area (Å²) in [5, 5.41) is 4.87. The Kier molecular flexibility index (Phi) is 8.40. The number of hydrogen-bond acceptors (Lipinski definition) is 4. The van der Waals surface area contributed by atoms with Crippen LogP contribution < -0.4 is 0 Å². The van der Waals surface area contributed by atoms with E-state index >= 15 is 0 Å². The van der Waals surface area contributed by atoms with Gasteiger partial charge in [-0.2, -0.15) is 5.10 Å². The highest BCUT2D eigenvalue weighted by Crippen LogP contribution is 2.36. The third-order valence-electron chi connectivity index (χ3n) is 6.03. The maximum absolute atomic E-state index is 13.3. The van der Waals surface area contributed by atoms with Crippen LogP contribution in [0.5, 0.6) is 0 Å². The normalized spacial score (nSPS) is 16.0. The van der Waals surface area contributed by atoms with Crippen LogP contribution in [0.15, 0.2) is 70.2 Å². The summed E-state index contributed by atoms with van der Waals surface area (Å²) in [6.07, 6.45) is 8.44. The molecule has 1 unspecified atom stereocenters. The van der Waals surface area contributed by atoms with E-state index in [2.05, 4.69) is 29.8 Å². The summed E-state index contributed by atoms with van der Waals surface area (Å²) < 4.78 is 3.52. The fraction of sp³-hybridized carbons (Fsp3) is 0.296. The van der Waals surface area contributed by atoms with E-state index in [1.165, 1.54) is 24.6 Å². The van der Waals surface area contributed by atoms with Crippen molar-refractivity contribution in [3.8, 4) is 16.9 Å². The van der Waals surface area contributed by atoms with Gasteiger partial charge in [0.05, 0.1) is 16.3 Å². The summed E-state index contributed by atoms with van der Waals surface area (Å²) in [6, 6.07) is 18.1. The van der Waals surface area contributed by atoms with Gasteiger partial charge in [0.1, 0.15) is 4.32 Å². The first-order valence-corrected chi connectivity index (χ1v) is 13.7. The van der Waals surface area contributed by atoms with Gasteiger partial charge < -0.3 is 0 Å². The van der Waals surface area contributed by atoms with Gasteiger partial charge in [0.25, 0.3) is 5.91 Å². The molecule has 3 aromatic rings. The van der Waals surface area contributed by atoms with Crippen molar-refractivity contribution in [2.24, 2.45) is 5.92 Å². The zero-order chi connectivity index (χ0) is 24.1. The average molecular weight is 555 g/mol. The first-order chi connectivity index (χ1) is 16.5. The number of benzene rings is 2. The Morgan fingerprint density at radius 2 is 1.85 bits per heavy atom. The second kappa shape index (κ2) is 11.5. The Hall–Kier alpha value is -2.22. The molecular weight excluding hydrogens is 526 g/mol. The van der Waals surface area contributed by atoms with Crippen LogP contribution in [0.4, 0.5) is 0 Å². The molecule has 1 aliphatic rings. The lowest BCUT2D eigenvalue weighted by atomic mass is 9.99. The number of aromatic nitrogens is 2. The molecule has 2 heterocycles. The molecule has 34 heavy (non-hydrogen) atoms. The molecule has 0 radical (unpaired) electrons. The van der Waals surface area contributed by atoms with Gasteiger partial charge in [-0.05, 0) is 42.7 Å². The Morgan fingerprint density at radius 1 is 1.12 bits per heavy atom. The van der Waals surface area contributed by atoms with Crippen LogP contribution in [0.3, 0.4) is 0 Å². The van der Waals surface area contributed by atoms with Crippen LogP contribution >= 0.6 is 39.9 Å². The molecule has 1 fully saturated rings. The van der Waals surface area contributed by atoms with Gasteiger partial charge >= 0.3 is 0 Å². The van der Waals surface area contributed by atoms with Crippen molar-refractivity contribution >= 4 is 56.2 Å². The third-order valence-corrected chi connectivity index (χ3v) is 7.93. The summed E-state index contributed by atoms with van der Waals surface area (Å²) in [7, 11) is 0. The largest absolute Gasteiger partial charge is 0.293 e. The van der Waals surface area contributed by atoms with Gasteiger partial charge in [-0.1, -0.05) is 103 Å². The molecule has 0 aliphatic carbocycles. The van der Waals surface area contributed by atoms with Crippen molar-refractivity contribution in [3.63, 3.8) is 0 Å². The van der Waals surface area contributed by atoms with E-state index in [-0.39, 0.29) is 5.91 Å². The first-order valence-electron chi connectivity index (χ1n) is 11.7. The van der Waals surface area contributed by atoms with Crippen LogP contribution in [0.25, 0.3) is 23.0 Å². The number of amides is 1. The number of thioether (sulfide) groups is 1. The predicted molar refractivity (Wildman–Crippen MR) is 150 cm³/mol. The van der Waals surface area contributed by atoms with Gasteiger partial charge in [0.15, 0.2) is 0 Å². The van der Waals surface area contributed by atoms with Crippen molar-refractivity contribution in [2.75, 3.05) is 6.54 Å². The van der Waals surface area contributed by atoms with Crippen molar-refractivity contribution in [3.05, 3.63) is 75.7 Å². The number of rotatable bonds is 9. The van der Waals surface area contributed by atoms with Crippen molar-refractivity contribution in [1.29, 1.82) is 0 Å². The highest BCUT2D eigenvalue weighted by molar-refractivity contribution is 9.10. The molecule has 1 aromatic heterocycles. The Morgan fingerprint density at radius 3 is 2.53 bits per heavy atom. The lowest BCUT2D eigenvalue weighted by molar-refractivity contribution is -0.122. The maximum atomic E-state index is 13.3. The second-order valence-corrected chi connectivity index (χ2v) is 11.0. The molecule has 4 rings (SSSR count). The number of halogens is 1. The van der Waals surface area contributed by atoms with Gasteiger partial charge in [0, 0.05) is 28.3 Å². The maximum Gasteiger partial charge on any atom is 0.266 e. The fourth-order valence-electron chi connectivity index (χ4n) is 4.01. The Balaban J connectivity index is 1.67. The molecule has 176 valence electrons. The topological polar surface area (TPSA) is 38.1 Å². The number of unbranched alkanes of at least 4 members (excludes halogenated alkanes) is 1. The minimum absolute atomic E-state index is 0.000772. The molecule has 0 saturated carbocycles. The zero-order valence-corrected chi connectivity index (χ0v) is 22.6. The summed E-state index contributed by atoms with van der Waals surface area (Å²) in [5.41, 5.74) is 3.68. The minimum Gasteiger partial charge on any atom is -0.293 e. The fourth-order valence-corrected chi connectivity index (χ4v) is 5.54. The molecule has 1 atom stereocenters. The molecular formula is C27H28BrN3OS2. The van der Waals surface area contributed by atoms with E-state index in [0.29, 0.717) is 21.7 Å². The van der Waals surface area contributed by atoms with E-state index in [9.17, 15) is 4.79 Å². The van der Waals surface area contributed by atoms with Crippen LogP contribution in [-0.4, -0.2) is 31.5 Å². The quantitative estimate of drug-likeness (QED) is 0.201. The molecule has 0 N–H and O–H groups in total. The molecule has 2 aromatic carbocycles. The number of carbonyl (C=O) groups is 1. The second-order valence-electron chi connectivity index (χ2n) is 8.43. The summed E-state index contributed by atoms with van der Waals surface area (Å²) in [4.78, 5) is 15.8. The van der Waals surface area contributed by atoms with Gasteiger partial charge in [-0.25, -0.2) is 4.68 Å². The standard InChI is InChI=1S/C27H28BrN3OS2/c1-3-5-9-19(4-2)17-30-26(32)24(34-27(30)33)16-21-18-31(23-10-7-6-8-11-23)29-25(21)20-12-14-22(28)15-13-20/h6-8,10-16,18-19H,3-5,9,17H2,1-2H3/b24-16-. The molecule has 1 saturated heterocycles. The average Bonchev–Trinajstić information content (AvgIpc) is 3.39. The molecule has 4 nitrogen and oxygen atoms in total. The van der Waals surface area contributed by atoms with Crippen molar-refractivity contribution in [1.82, 2.24) is 14.7 Å². The predicted octanol–water partition coefficient (Wildman–Crippen LogP) is 7.72. The third kappa shape index (κ3) is 5.70. The van der Waals surface area contributed by atoms with E-state index in [4.69, 9.17) is 17.3 Å². The SMILES string of the molecule is CCCCC(CC)CN1C(=O)/C(=C/c2cn(-c3ccccc3)nc2-c2ccc(Br)cc2)SC1=S. The summed E-state index contributed by atoms with van der Waals surface area (Å²) in [5.74, 6) is 0.472. The molecule has 0 spiro atoms.